The highest BCUT2D eigenvalue weighted by atomic mass is 16.3. The van der Waals surface area contributed by atoms with Crippen LogP contribution in [-0.2, 0) is 5.41 Å². The maximum atomic E-state index is 12.1. The van der Waals surface area contributed by atoms with Crippen LogP contribution in [0.1, 0.15) is 45.6 Å². The van der Waals surface area contributed by atoms with Crippen molar-refractivity contribution < 1.29 is 19.8 Å². The fourth-order valence-electron chi connectivity index (χ4n) is 9.96. The zero-order chi connectivity index (χ0) is 23.3. The molecule has 6 heteroatoms. The summed E-state index contributed by atoms with van der Waals surface area (Å²) in [5.74, 6) is 0.785. The molecule has 1 aromatic rings. The quantitative estimate of drug-likeness (QED) is 0.546. The van der Waals surface area contributed by atoms with E-state index in [0.29, 0.717) is 23.5 Å². The number of para-hydroxylation sites is 1. The maximum absolute atomic E-state index is 12.1. The molecule has 3 N–H and O–H groups in total. The molecule has 5 aliphatic heterocycles. The summed E-state index contributed by atoms with van der Waals surface area (Å²) in [4.78, 5) is 4.71. The highest BCUT2D eigenvalue weighted by Gasteiger charge is 2.83. The lowest BCUT2D eigenvalue weighted by atomic mass is 9.60. The number of nitrogens with zero attached hydrogens (tertiary/aromatic N) is 3. The fourth-order valence-corrected chi connectivity index (χ4v) is 9.96. The van der Waals surface area contributed by atoms with Crippen molar-refractivity contribution in [3.05, 3.63) is 29.8 Å². The van der Waals surface area contributed by atoms with Crippen molar-refractivity contribution in [3.8, 4) is 0 Å². The Kier molecular flexibility index (Phi) is 5.01. The highest BCUT2D eigenvalue weighted by molar-refractivity contribution is 5.66. The third-order valence-corrected chi connectivity index (χ3v) is 11.0. The van der Waals surface area contributed by atoms with Gasteiger partial charge < -0.3 is 25.1 Å². The molecule has 7 rings (SSSR count). The SMILES string of the molecule is CC[C@H]1[C@@H]2CC3[C@@H]4N(C)c5ccccc5C45C[C@@H]([C@H]2[C@H]5O)[N+]3(CC(O)CN(CC)CC)[C@@H]1O. The Balaban J connectivity index is 1.48. The molecule has 1 aromatic carbocycles. The van der Waals surface area contributed by atoms with Crippen LogP contribution in [0.2, 0.25) is 0 Å². The van der Waals surface area contributed by atoms with Gasteiger partial charge in [-0.2, -0.15) is 0 Å². The average molecular weight is 457 g/mol. The van der Waals surface area contributed by atoms with Crippen LogP contribution < -0.4 is 4.90 Å². The van der Waals surface area contributed by atoms with Gasteiger partial charge in [-0.1, -0.05) is 39.0 Å². The molecule has 1 saturated carbocycles. The molecule has 6 nitrogen and oxygen atoms in total. The van der Waals surface area contributed by atoms with Crippen LogP contribution in [0.25, 0.3) is 0 Å². The number of quaternary nitrogens is 1. The van der Waals surface area contributed by atoms with Gasteiger partial charge in [0, 0.05) is 44.0 Å². The van der Waals surface area contributed by atoms with Crippen LogP contribution in [0, 0.1) is 17.8 Å². The van der Waals surface area contributed by atoms with Gasteiger partial charge in [0.1, 0.15) is 18.7 Å². The molecule has 5 bridgehead atoms. The zero-order valence-electron chi connectivity index (χ0n) is 20.6. The smallest absolute Gasteiger partial charge is 0.194 e. The lowest BCUT2D eigenvalue weighted by Crippen LogP contribution is -2.84. The first-order chi connectivity index (χ1) is 15.9. The highest BCUT2D eigenvalue weighted by Crippen LogP contribution is 2.71. The minimum atomic E-state index is -0.478. The Bertz CT molecular complexity index is 924. The molecule has 4 unspecified atom stereocenters. The summed E-state index contributed by atoms with van der Waals surface area (Å²) in [6.07, 6.45) is 1.60. The predicted molar refractivity (Wildman–Crippen MR) is 129 cm³/mol. The average Bonchev–Trinajstić information content (AvgIpc) is 3.20. The van der Waals surface area contributed by atoms with Crippen LogP contribution >= 0.6 is 0 Å². The van der Waals surface area contributed by atoms with Crippen molar-refractivity contribution in [2.45, 2.75) is 82.0 Å². The second kappa shape index (κ2) is 7.41. The van der Waals surface area contributed by atoms with E-state index in [1.807, 2.05) is 0 Å². The molecular weight excluding hydrogens is 414 g/mol. The van der Waals surface area contributed by atoms with Crippen molar-refractivity contribution in [2.75, 3.05) is 38.1 Å². The van der Waals surface area contributed by atoms with Crippen molar-refractivity contribution >= 4 is 5.69 Å². The number of likely N-dealkylation sites (N-methyl/N-ethyl adjacent to an activating group) is 2. The molecule has 4 saturated heterocycles. The first-order valence-electron chi connectivity index (χ1n) is 13.3. The van der Waals surface area contributed by atoms with Gasteiger partial charge in [0.25, 0.3) is 0 Å². The second-order valence-electron chi connectivity index (χ2n) is 11.7. The summed E-state index contributed by atoms with van der Waals surface area (Å²) < 4.78 is 0.601. The molecule has 1 spiro atoms. The molecule has 33 heavy (non-hydrogen) atoms. The first-order valence-corrected chi connectivity index (χ1v) is 13.3. The van der Waals surface area contributed by atoms with Gasteiger partial charge >= 0.3 is 0 Å². The van der Waals surface area contributed by atoms with Crippen LogP contribution in [0.15, 0.2) is 24.3 Å². The summed E-state index contributed by atoms with van der Waals surface area (Å²) in [6.45, 7) is 9.58. The largest absolute Gasteiger partial charge is 0.392 e. The standard InChI is InChI=1S/C27H42N3O3/c1-5-17-18-12-21-24-27(19-10-8-9-11-20(19)28(24)4)13-22(23(18)25(27)32)30(21,26(17)33)15-16(31)14-29(6-2)7-3/h8-11,16-18,21-26,31-33H,5-7,12-15H2,1-4H3/q+1/t16?,17-,18-,21?,22-,23-,24-,25+,26+,27?,30?/m0/s1. The number of fused-ring (bicyclic) bond motifs is 2. The minimum absolute atomic E-state index is 0.171. The maximum Gasteiger partial charge on any atom is 0.194 e. The molecule has 5 heterocycles. The number of anilines is 1. The van der Waals surface area contributed by atoms with Gasteiger partial charge in [0.2, 0.25) is 0 Å². The van der Waals surface area contributed by atoms with Crippen molar-refractivity contribution in [1.29, 1.82) is 0 Å². The number of hydrogen-bond donors (Lipinski definition) is 3. The number of aliphatic hydroxyl groups is 3. The van der Waals surface area contributed by atoms with E-state index in [9.17, 15) is 15.3 Å². The fraction of sp³-hybridized carbons (Fsp3) is 0.778. The number of benzene rings is 1. The van der Waals surface area contributed by atoms with Crippen LogP contribution in [0.3, 0.4) is 0 Å². The Hall–Kier alpha value is -1.18. The minimum Gasteiger partial charge on any atom is -0.392 e. The second-order valence-corrected chi connectivity index (χ2v) is 11.7. The first kappa shape index (κ1) is 22.3. The Morgan fingerprint density at radius 3 is 2.58 bits per heavy atom. The van der Waals surface area contributed by atoms with Gasteiger partial charge in [0.15, 0.2) is 6.23 Å². The van der Waals surface area contributed by atoms with Crippen LogP contribution in [0.5, 0.6) is 0 Å². The Labute approximate surface area is 198 Å². The predicted octanol–water partition coefficient (Wildman–Crippen LogP) is 1.77. The van der Waals surface area contributed by atoms with E-state index >= 15 is 0 Å². The summed E-state index contributed by atoms with van der Waals surface area (Å²) in [5, 5.41) is 35.5. The number of rotatable bonds is 7. The van der Waals surface area contributed by atoms with E-state index < -0.39 is 12.3 Å². The summed E-state index contributed by atoms with van der Waals surface area (Å²) in [6, 6.07) is 9.31. The van der Waals surface area contributed by atoms with E-state index in [2.05, 4.69) is 61.9 Å². The van der Waals surface area contributed by atoms with E-state index in [0.717, 1.165) is 32.4 Å². The van der Waals surface area contributed by atoms with Crippen molar-refractivity contribution in [1.82, 2.24) is 4.90 Å². The molecular formula is C27H42N3O3+. The van der Waals surface area contributed by atoms with Crippen LogP contribution in [-0.4, -0.2) is 94.5 Å². The Morgan fingerprint density at radius 1 is 1.15 bits per heavy atom. The molecule has 0 aromatic heterocycles. The van der Waals surface area contributed by atoms with E-state index in [1.165, 1.54) is 11.3 Å². The van der Waals surface area contributed by atoms with Gasteiger partial charge in [-0.25, -0.2) is 0 Å². The number of aliphatic hydroxyl groups excluding tert-OH is 3. The van der Waals surface area contributed by atoms with Gasteiger partial charge in [0.05, 0.1) is 23.6 Å². The third kappa shape index (κ3) is 2.47. The van der Waals surface area contributed by atoms with Gasteiger partial charge in [-0.3, -0.25) is 4.48 Å². The van der Waals surface area contributed by atoms with Gasteiger partial charge in [-0.15, -0.1) is 0 Å². The van der Waals surface area contributed by atoms with E-state index in [1.54, 1.807) is 0 Å². The molecule has 1 aliphatic carbocycles. The lowest BCUT2D eigenvalue weighted by Gasteiger charge is -2.68. The number of hydrogen-bond acceptors (Lipinski definition) is 5. The molecule has 182 valence electrons. The van der Waals surface area contributed by atoms with E-state index in [-0.39, 0.29) is 41.5 Å². The normalized spacial score (nSPS) is 47.3. The summed E-state index contributed by atoms with van der Waals surface area (Å²) >= 11 is 0. The van der Waals surface area contributed by atoms with Crippen molar-refractivity contribution in [3.63, 3.8) is 0 Å². The monoisotopic (exact) mass is 456 g/mol. The molecule has 11 atom stereocenters. The van der Waals surface area contributed by atoms with Crippen LogP contribution in [0.4, 0.5) is 5.69 Å². The third-order valence-electron chi connectivity index (χ3n) is 11.0. The zero-order valence-corrected chi connectivity index (χ0v) is 20.6. The topological polar surface area (TPSA) is 67.2 Å². The molecule has 0 amide bonds. The molecule has 5 fully saturated rings. The summed E-state index contributed by atoms with van der Waals surface area (Å²) in [5.41, 5.74) is 2.32. The number of piperidine rings is 4. The van der Waals surface area contributed by atoms with Gasteiger partial charge in [-0.05, 0) is 37.1 Å². The Morgan fingerprint density at radius 2 is 1.88 bits per heavy atom. The van der Waals surface area contributed by atoms with Crippen molar-refractivity contribution in [2.24, 2.45) is 17.8 Å². The lowest BCUT2D eigenvalue weighted by molar-refractivity contribution is -1.04. The molecule has 6 aliphatic rings. The van der Waals surface area contributed by atoms with E-state index in [4.69, 9.17) is 0 Å². The summed E-state index contributed by atoms with van der Waals surface area (Å²) in [7, 11) is 2.19. The molecule has 0 radical (unpaired) electrons.